The van der Waals surface area contributed by atoms with E-state index in [0.29, 0.717) is 5.69 Å². The Hall–Kier alpha value is -2.17. The molecule has 0 unspecified atom stereocenters. The number of aliphatic imine (C=N–C) groups is 1. The zero-order valence-corrected chi connectivity index (χ0v) is 11.3. The minimum atomic E-state index is 0.714. The summed E-state index contributed by atoms with van der Waals surface area (Å²) in [5.41, 5.74) is 7.99. The first-order valence-corrected chi connectivity index (χ1v) is 5.62. The first-order chi connectivity index (χ1) is 8.52. The van der Waals surface area contributed by atoms with Crippen LogP contribution in [0.4, 0.5) is 11.4 Å². The molecular weight excluding hydrogens is 226 g/mol. The van der Waals surface area contributed by atoms with Gasteiger partial charge in [0.1, 0.15) is 0 Å². The van der Waals surface area contributed by atoms with E-state index in [1.807, 2.05) is 44.1 Å². The Morgan fingerprint density at radius 2 is 1.83 bits per heavy atom. The summed E-state index contributed by atoms with van der Waals surface area (Å²) in [4.78, 5) is 5.96. The average molecular weight is 245 g/mol. The molecule has 1 rings (SSSR count). The van der Waals surface area contributed by atoms with Gasteiger partial charge >= 0.3 is 0 Å². The van der Waals surface area contributed by atoms with Crippen LogP contribution in [0.3, 0.4) is 0 Å². The molecule has 0 aliphatic rings. The van der Waals surface area contributed by atoms with E-state index in [1.54, 1.807) is 19.2 Å². The van der Waals surface area contributed by atoms with E-state index in [1.165, 1.54) is 0 Å². The summed E-state index contributed by atoms with van der Waals surface area (Å²) >= 11 is 0. The predicted octanol–water partition coefficient (Wildman–Crippen LogP) is 2.85. The van der Waals surface area contributed by atoms with Gasteiger partial charge in [0, 0.05) is 38.6 Å². The van der Waals surface area contributed by atoms with Crippen molar-refractivity contribution in [2.75, 3.05) is 26.9 Å². The lowest BCUT2D eigenvalue weighted by Gasteiger charge is -2.11. The Labute approximate surface area is 108 Å². The first-order valence-electron chi connectivity index (χ1n) is 5.62. The van der Waals surface area contributed by atoms with Crippen molar-refractivity contribution in [2.24, 2.45) is 15.2 Å². The Kier molecular flexibility index (Phi) is 5.05. The lowest BCUT2D eigenvalue weighted by atomic mass is 10.3. The maximum atomic E-state index is 5.61. The van der Waals surface area contributed by atoms with E-state index in [0.717, 1.165) is 17.2 Å². The molecule has 1 aromatic rings. The summed E-state index contributed by atoms with van der Waals surface area (Å²) in [6.45, 7) is 1.92. The Balaban J connectivity index is 2.91. The van der Waals surface area contributed by atoms with E-state index < -0.39 is 0 Å². The van der Waals surface area contributed by atoms with E-state index in [9.17, 15) is 0 Å². The topological polar surface area (TPSA) is 66.3 Å². The van der Waals surface area contributed by atoms with E-state index in [2.05, 4.69) is 15.2 Å². The van der Waals surface area contributed by atoms with Gasteiger partial charge in [0.25, 0.3) is 0 Å². The largest absolute Gasteiger partial charge is 0.399 e. The van der Waals surface area contributed by atoms with Crippen LogP contribution in [0.2, 0.25) is 0 Å². The third kappa shape index (κ3) is 4.37. The molecule has 96 valence electrons. The van der Waals surface area contributed by atoms with Crippen LogP contribution in [-0.2, 0) is 0 Å². The molecule has 1 aromatic carbocycles. The Morgan fingerprint density at radius 1 is 1.22 bits per heavy atom. The smallest absolute Gasteiger partial charge is 0.152 e. The molecule has 0 aliphatic carbocycles. The highest BCUT2D eigenvalue weighted by Crippen LogP contribution is 2.16. The van der Waals surface area contributed by atoms with Gasteiger partial charge in [0.2, 0.25) is 0 Å². The van der Waals surface area contributed by atoms with Crippen LogP contribution in [0.25, 0.3) is 0 Å². The number of hydrogen-bond acceptors (Lipinski definition) is 5. The van der Waals surface area contributed by atoms with Gasteiger partial charge < -0.3 is 10.6 Å². The van der Waals surface area contributed by atoms with Gasteiger partial charge in [-0.2, -0.15) is 0 Å². The monoisotopic (exact) mass is 245 g/mol. The fourth-order valence-electron chi connectivity index (χ4n) is 1.15. The van der Waals surface area contributed by atoms with Gasteiger partial charge in [0.15, 0.2) is 5.82 Å². The molecular formula is C13H19N5. The molecule has 0 atom stereocenters. The van der Waals surface area contributed by atoms with Crippen molar-refractivity contribution in [3.05, 3.63) is 36.2 Å². The molecule has 0 spiro atoms. The third-order valence-electron chi connectivity index (χ3n) is 2.31. The number of nitrogens with two attached hydrogens (primary N) is 1. The van der Waals surface area contributed by atoms with Crippen LogP contribution in [-0.4, -0.2) is 31.8 Å². The van der Waals surface area contributed by atoms with Crippen molar-refractivity contribution in [2.45, 2.75) is 6.92 Å². The van der Waals surface area contributed by atoms with Crippen molar-refractivity contribution in [1.82, 2.24) is 4.90 Å². The normalized spacial score (nSPS) is 13.1. The number of hydrogen-bond donors (Lipinski definition) is 1. The fourth-order valence-corrected chi connectivity index (χ4v) is 1.15. The maximum Gasteiger partial charge on any atom is 0.152 e. The summed E-state index contributed by atoms with van der Waals surface area (Å²) in [6, 6.07) is 7.25. The van der Waals surface area contributed by atoms with Crippen LogP contribution < -0.4 is 5.73 Å². The summed E-state index contributed by atoms with van der Waals surface area (Å²) < 4.78 is 0. The molecule has 0 aromatic heterocycles. The van der Waals surface area contributed by atoms with Crippen LogP contribution in [0.5, 0.6) is 0 Å². The highest BCUT2D eigenvalue weighted by Gasteiger charge is 1.98. The van der Waals surface area contributed by atoms with Gasteiger partial charge in [-0.3, -0.25) is 4.99 Å². The Bertz CT molecular complexity index is 469. The van der Waals surface area contributed by atoms with Gasteiger partial charge in [-0.25, -0.2) is 0 Å². The zero-order chi connectivity index (χ0) is 13.5. The molecule has 5 heteroatoms. The van der Waals surface area contributed by atoms with Crippen LogP contribution in [0, 0.1) is 0 Å². The van der Waals surface area contributed by atoms with Crippen molar-refractivity contribution in [3.63, 3.8) is 0 Å². The van der Waals surface area contributed by atoms with Crippen molar-refractivity contribution in [1.29, 1.82) is 0 Å². The molecule has 5 nitrogen and oxygen atoms in total. The van der Waals surface area contributed by atoms with Gasteiger partial charge in [-0.15, -0.1) is 10.2 Å². The fraction of sp³-hybridized carbons (Fsp3) is 0.308. The predicted molar refractivity (Wildman–Crippen MR) is 76.2 cm³/mol. The second kappa shape index (κ2) is 6.54. The number of nitrogen functional groups attached to an aromatic ring is 1. The van der Waals surface area contributed by atoms with Gasteiger partial charge in [-0.1, -0.05) is 0 Å². The van der Waals surface area contributed by atoms with E-state index in [4.69, 9.17) is 5.73 Å². The van der Waals surface area contributed by atoms with Crippen molar-refractivity contribution >= 4 is 17.1 Å². The molecule has 0 radical (unpaired) electrons. The molecule has 0 saturated heterocycles. The minimum absolute atomic E-state index is 0.714. The standard InChI is InChI=1S/C13H19N5/c1-10(15-2)9-13(18(3)4)17-16-12-7-5-11(14)6-8-12/h5-9H,14H2,1-4H3/b13-9-,15-10?,17-16?. The second-order valence-corrected chi connectivity index (χ2v) is 4.05. The van der Waals surface area contributed by atoms with Crippen LogP contribution in [0.15, 0.2) is 51.4 Å². The summed E-state index contributed by atoms with van der Waals surface area (Å²) in [5, 5.41) is 8.36. The van der Waals surface area contributed by atoms with E-state index in [-0.39, 0.29) is 0 Å². The molecule has 0 aliphatic heterocycles. The average Bonchev–Trinajstić information content (AvgIpc) is 2.35. The number of benzene rings is 1. The molecule has 0 heterocycles. The number of azo groups is 1. The SMILES string of the molecule is CN=C(C)/C=C(/N=Nc1ccc(N)cc1)N(C)C. The summed E-state index contributed by atoms with van der Waals surface area (Å²) in [6.07, 6.45) is 1.88. The lowest BCUT2D eigenvalue weighted by Crippen LogP contribution is -2.10. The molecule has 0 fully saturated rings. The number of nitrogens with zero attached hydrogens (tertiary/aromatic N) is 4. The Morgan fingerprint density at radius 3 is 2.33 bits per heavy atom. The van der Waals surface area contributed by atoms with E-state index >= 15 is 0 Å². The number of allylic oxidation sites excluding steroid dienone is 1. The van der Waals surface area contributed by atoms with Crippen molar-refractivity contribution < 1.29 is 0 Å². The highest BCUT2D eigenvalue weighted by molar-refractivity contribution is 5.93. The molecule has 0 saturated carbocycles. The second-order valence-electron chi connectivity index (χ2n) is 4.05. The maximum absolute atomic E-state index is 5.61. The minimum Gasteiger partial charge on any atom is -0.399 e. The van der Waals surface area contributed by atoms with Gasteiger partial charge in [-0.05, 0) is 31.2 Å². The lowest BCUT2D eigenvalue weighted by molar-refractivity contribution is 0.500. The quantitative estimate of drug-likeness (QED) is 0.503. The molecule has 2 N–H and O–H groups in total. The van der Waals surface area contributed by atoms with Crippen LogP contribution >= 0.6 is 0 Å². The van der Waals surface area contributed by atoms with Crippen LogP contribution in [0.1, 0.15) is 6.92 Å². The molecule has 0 amide bonds. The number of rotatable bonds is 4. The molecule has 18 heavy (non-hydrogen) atoms. The summed E-state index contributed by atoms with van der Waals surface area (Å²) in [7, 11) is 5.57. The molecule has 0 bridgehead atoms. The highest BCUT2D eigenvalue weighted by atomic mass is 15.3. The number of anilines is 1. The third-order valence-corrected chi connectivity index (χ3v) is 2.31. The zero-order valence-electron chi connectivity index (χ0n) is 11.3. The first kappa shape index (κ1) is 13.9. The van der Waals surface area contributed by atoms with Gasteiger partial charge in [0.05, 0.1) is 5.69 Å². The summed E-state index contributed by atoms with van der Waals surface area (Å²) in [5.74, 6) is 0.745. The van der Waals surface area contributed by atoms with Crippen molar-refractivity contribution in [3.8, 4) is 0 Å².